The molecule has 1 heterocycles. The Balaban J connectivity index is 1.80. The molecule has 2 aromatic rings. The van der Waals surface area contributed by atoms with Crippen molar-refractivity contribution in [2.75, 3.05) is 6.61 Å². The molecule has 2 rings (SSSR count). The van der Waals surface area contributed by atoms with Gasteiger partial charge in [0.15, 0.2) is 6.61 Å². The predicted molar refractivity (Wildman–Crippen MR) is 79.4 cm³/mol. The van der Waals surface area contributed by atoms with Gasteiger partial charge in [0.1, 0.15) is 5.75 Å². The zero-order valence-electron chi connectivity index (χ0n) is 12.0. The number of pyridine rings is 1. The van der Waals surface area contributed by atoms with E-state index in [1.807, 2.05) is 19.1 Å². The van der Waals surface area contributed by atoms with E-state index in [2.05, 4.69) is 10.3 Å². The van der Waals surface area contributed by atoms with E-state index in [-0.39, 0.29) is 18.2 Å². The summed E-state index contributed by atoms with van der Waals surface area (Å²) in [6.07, 6.45) is 1.67. The van der Waals surface area contributed by atoms with Crippen molar-refractivity contribution in [2.45, 2.75) is 13.5 Å². The van der Waals surface area contributed by atoms with Crippen molar-refractivity contribution in [3.05, 3.63) is 64.0 Å². The number of aromatic nitrogens is 1. The molecule has 0 aliphatic heterocycles. The summed E-state index contributed by atoms with van der Waals surface area (Å²) in [7, 11) is 0. The van der Waals surface area contributed by atoms with Gasteiger partial charge in [0, 0.05) is 18.3 Å². The van der Waals surface area contributed by atoms with Crippen molar-refractivity contribution >= 4 is 11.6 Å². The summed E-state index contributed by atoms with van der Waals surface area (Å²) in [5, 5.41) is 13.2. The number of nitrogens with one attached hydrogen (secondary N) is 1. The van der Waals surface area contributed by atoms with Crippen LogP contribution in [0.25, 0.3) is 0 Å². The van der Waals surface area contributed by atoms with Crippen LogP contribution < -0.4 is 10.1 Å². The van der Waals surface area contributed by atoms with Gasteiger partial charge >= 0.3 is 0 Å². The quantitative estimate of drug-likeness (QED) is 0.650. The Morgan fingerprint density at radius 2 is 2.05 bits per heavy atom. The Morgan fingerprint density at radius 3 is 2.68 bits per heavy atom. The molecule has 0 spiro atoms. The van der Waals surface area contributed by atoms with Crippen LogP contribution in [0.3, 0.4) is 0 Å². The number of nitro benzene ring substituents is 1. The van der Waals surface area contributed by atoms with Crippen LogP contribution in [0.4, 0.5) is 5.69 Å². The number of benzene rings is 1. The summed E-state index contributed by atoms with van der Waals surface area (Å²) in [4.78, 5) is 25.9. The number of aryl methyl sites for hydroxylation is 1. The van der Waals surface area contributed by atoms with Crippen molar-refractivity contribution in [2.24, 2.45) is 0 Å². The molecule has 1 amide bonds. The molecule has 0 bridgehead atoms. The predicted octanol–water partition coefficient (Wildman–Crippen LogP) is 1.99. The molecule has 0 unspecified atom stereocenters. The average Bonchev–Trinajstić information content (AvgIpc) is 2.52. The normalized spacial score (nSPS) is 10.0. The van der Waals surface area contributed by atoms with Crippen molar-refractivity contribution in [3.8, 4) is 5.75 Å². The lowest BCUT2D eigenvalue weighted by atomic mass is 10.2. The highest BCUT2D eigenvalue weighted by molar-refractivity contribution is 5.77. The van der Waals surface area contributed by atoms with Crippen molar-refractivity contribution < 1.29 is 14.5 Å². The van der Waals surface area contributed by atoms with Crippen LogP contribution >= 0.6 is 0 Å². The third kappa shape index (κ3) is 4.27. The Kier molecular flexibility index (Phi) is 5.02. The first kappa shape index (κ1) is 15.4. The molecular weight excluding hydrogens is 286 g/mol. The third-order valence-electron chi connectivity index (χ3n) is 2.99. The van der Waals surface area contributed by atoms with Crippen molar-refractivity contribution in [3.63, 3.8) is 0 Å². The van der Waals surface area contributed by atoms with Gasteiger partial charge in [-0.25, -0.2) is 0 Å². The fourth-order valence-electron chi connectivity index (χ4n) is 1.75. The van der Waals surface area contributed by atoms with Gasteiger partial charge in [0.25, 0.3) is 11.6 Å². The molecule has 1 N–H and O–H groups in total. The van der Waals surface area contributed by atoms with Crippen LogP contribution in [-0.2, 0) is 11.3 Å². The van der Waals surface area contributed by atoms with Gasteiger partial charge < -0.3 is 10.1 Å². The monoisotopic (exact) mass is 301 g/mol. The molecule has 0 fully saturated rings. The fraction of sp³-hybridized carbons (Fsp3) is 0.200. The lowest BCUT2D eigenvalue weighted by Gasteiger charge is -2.08. The van der Waals surface area contributed by atoms with Crippen LogP contribution in [0.2, 0.25) is 0 Å². The molecule has 0 atom stereocenters. The molecule has 0 aliphatic rings. The van der Waals surface area contributed by atoms with Gasteiger partial charge in [-0.05, 0) is 30.7 Å². The maximum atomic E-state index is 11.7. The smallest absolute Gasteiger partial charge is 0.269 e. The number of hydrogen-bond acceptors (Lipinski definition) is 5. The summed E-state index contributed by atoms with van der Waals surface area (Å²) in [5.41, 5.74) is 1.77. The Labute approximate surface area is 127 Å². The minimum absolute atomic E-state index is 0.0255. The van der Waals surface area contributed by atoms with Crippen LogP contribution in [0.15, 0.2) is 42.6 Å². The van der Waals surface area contributed by atoms with E-state index in [1.54, 1.807) is 6.20 Å². The van der Waals surface area contributed by atoms with E-state index in [0.717, 1.165) is 11.3 Å². The first-order chi connectivity index (χ1) is 10.6. The highest BCUT2D eigenvalue weighted by Gasteiger charge is 2.07. The first-order valence-corrected chi connectivity index (χ1v) is 6.60. The van der Waals surface area contributed by atoms with Gasteiger partial charge in [-0.1, -0.05) is 6.07 Å². The van der Waals surface area contributed by atoms with E-state index >= 15 is 0 Å². The molecule has 7 nitrogen and oxygen atoms in total. The zero-order chi connectivity index (χ0) is 15.9. The molecule has 0 aliphatic carbocycles. The summed E-state index contributed by atoms with van der Waals surface area (Å²) in [6.45, 7) is 2.08. The number of nitrogens with zero attached hydrogens (tertiary/aromatic N) is 2. The molecule has 0 radical (unpaired) electrons. The number of amides is 1. The van der Waals surface area contributed by atoms with E-state index < -0.39 is 4.92 Å². The molecule has 1 aromatic carbocycles. The number of carbonyl (C=O) groups is 1. The average molecular weight is 301 g/mol. The second-order valence-electron chi connectivity index (χ2n) is 4.58. The number of nitro groups is 1. The van der Waals surface area contributed by atoms with Gasteiger partial charge in [0.2, 0.25) is 0 Å². The summed E-state index contributed by atoms with van der Waals surface area (Å²) in [6, 6.07) is 9.30. The number of hydrogen-bond donors (Lipinski definition) is 1. The zero-order valence-corrected chi connectivity index (χ0v) is 12.0. The Bertz CT molecular complexity index is 671. The number of non-ortho nitro benzene ring substituents is 1. The number of rotatable bonds is 6. The maximum absolute atomic E-state index is 11.7. The van der Waals surface area contributed by atoms with Crippen LogP contribution in [0, 0.1) is 17.0 Å². The molecule has 0 saturated carbocycles. The summed E-state index contributed by atoms with van der Waals surface area (Å²) in [5.74, 6) is 0.109. The van der Waals surface area contributed by atoms with Gasteiger partial charge in [-0.15, -0.1) is 0 Å². The largest absolute Gasteiger partial charge is 0.484 e. The van der Waals surface area contributed by atoms with Crippen LogP contribution in [0.5, 0.6) is 5.75 Å². The molecule has 7 heteroatoms. The highest BCUT2D eigenvalue weighted by Crippen LogP contribution is 2.17. The molecular formula is C15H15N3O4. The second-order valence-corrected chi connectivity index (χ2v) is 4.58. The van der Waals surface area contributed by atoms with E-state index in [4.69, 9.17) is 4.74 Å². The maximum Gasteiger partial charge on any atom is 0.269 e. The number of carbonyl (C=O) groups excluding carboxylic acids is 1. The topological polar surface area (TPSA) is 94.4 Å². The SMILES string of the molecule is Cc1cccnc1CNC(=O)COc1ccc([N+](=O)[O-])cc1. The first-order valence-electron chi connectivity index (χ1n) is 6.60. The fourth-order valence-corrected chi connectivity index (χ4v) is 1.75. The van der Waals surface area contributed by atoms with E-state index in [0.29, 0.717) is 12.3 Å². The van der Waals surface area contributed by atoms with Gasteiger partial charge in [0.05, 0.1) is 17.2 Å². The van der Waals surface area contributed by atoms with Crippen molar-refractivity contribution in [1.82, 2.24) is 10.3 Å². The van der Waals surface area contributed by atoms with Gasteiger partial charge in [-0.2, -0.15) is 0 Å². The standard InChI is InChI=1S/C15H15N3O4/c1-11-3-2-8-16-14(11)9-17-15(19)10-22-13-6-4-12(5-7-13)18(20)21/h2-8H,9-10H2,1H3,(H,17,19). The summed E-state index contributed by atoms with van der Waals surface area (Å²) >= 11 is 0. The summed E-state index contributed by atoms with van der Waals surface area (Å²) < 4.78 is 5.27. The van der Waals surface area contributed by atoms with Crippen molar-refractivity contribution in [1.29, 1.82) is 0 Å². The molecule has 0 saturated heterocycles. The lowest BCUT2D eigenvalue weighted by molar-refractivity contribution is -0.384. The van der Waals surface area contributed by atoms with E-state index in [1.165, 1.54) is 24.3 Å². The lowest BCUT2D eigenvalue weighted by Crippen LogP contribution is -2.29. The van der Waals surface area contributed by atoms with E-state index in [9.17, 15) is 14.9 Å². The number of ether oxygens (including phenoxy) is 1. The second kappa shape index (κ2) is 7.16. The molecule has 114 valence electrons. The Hall–Kier alpha value is -2.96. The Morgan fingerprint density at radius 1 is 1.32 bits per heavy atom. The molecule has 22 heavy (non-hydrogen) atoms. The van der Waals surface area contributed by atoms with Crippen LogP contribution in [0.1, 0.15) is 11.3 Å². The minimum Gasteiger partial charge on any atom is -0.484 e. The highest BCUT2D eigenvalue weighted by atomic mass is 16.6. The molecule has 1 aromatic heterocycles. The van der Waals surface area contributed by atoms with Crippen LogP contribution in [-0.4, -0.2) is 22.4 Å². The minimum atomic E-state index is -0.494. The third-order valence-corrected chi connectivity index (χ3v) is 2.99. The van der Waals surface area contributed by atoms with Gasteiger partial charge in [-0.3, -0.25) is 19.9 Å².